The third-order valence-corrected chi connectivity index (χ3v) is 7.07. The molecule has 4 rings (SSSR count). The second-order valence-electron chi connectivity index (χ2n) is 7.36. The van der Waals surface area contributed by atoms with Gasteiger partial charge < -0.3 is 25.2 Å². The first-order valence-corrected chi connectivity index (χ1v) is 11.6. The number of aromatic nitrogens is 4. The van der Waals surface area contributed by atoms with Crippen LogP contribution in [0.4, 0.5) is 17.5 Å². The zero-order valence-corrected chi connectivity index (χ0v) is 17.8. The van der Waals surface area contributed by atoms with Crippen molar-refractivity contribution < 1.29 is 23.0 Å². The van der Waals surface area contributed by atoms with Gasteiger partial charge in [0, 0.05) is 19.2 Å². The SMILES string of the molecule is Cn1cc(Nc2ncc(Cl)c(N[C@@H]3COC4C3OC[C@@H]4CS(=O)(=O)CCO)n2)cn1. The first-order chi connectivity index (χ1) is 14.3. The van der Waals surface area contributed by atoms with Crippen LogP contribution < -0.4 is 10.6 Å². The number of nitrogens with zero attached hydrogens (tertiary/aromatic N) is 4. The van der Waals surface area contributed by atoms with Gasteiger partial charge in [-0.2, -0.15) is 10.1 Å². The van der Waals surface area contributed by atoms with Crippen LogP contribution in [0.5, 0.6) is 0 Å². The van der Waals surface area contributed by atoms with Gasteiger partial charge >= 0.3 is 0 Å². The van der Waals surface area contributed by atoms with E-state index in [1.807, 2.05) is 0 Å². The molecule has 13 heteroatoms. The van der Waals surface area contributed by atoms with E-state index in [0.717, 1.165) is 5.69 Å². The molecule has 0 aliphatic carbocycles. The fourth-order valence-corrected chi connectivity index (χ4v) is 5.24. The highest BCUT2D eigenvalue weighted by Crippen LogP contribution is 2.34. The van der Waals surface area contributed by atoms with Crippen LogP contribution in [0.3, 0.4) is 0 Å². The molecule has 11 nitrogen and oxygen atoms in total. The number of fused-ring (bicyclic) bond motifs is 1. The smallest absolute Gasteiger partial charge is 0.229 e. The number of rotatable bonds is 8. The molecule has 2 fully saturated rings. The molecule has 0 amide bonds. The van der Waals surface area contributed by atoms with E-state index in [1.165, 1.54) is 6.20 Å². The molecule has 2 saturated heterocycles. The zero-order valence-electron chi connectivity index (χ0n) is 16.2. The topological polar surface area (TPSA) is 140 Å². The van der Waals surface area contributed by atoms with Crippen molar-refractivity contribution in [3.05, 3.63) is 23.6 Å². The minimum absolute atomic E-state index is 0.0745. The summed E-state index contributed by atoms with van der Waals surface area (Å²) >= 11 is 6.26. The normalized spacial score (nSPS) is 26.0. The average molecular weight is 459 g/mol. The molecule has 30 heavy (non-hydrogen) atoms. The van der Waals surface area contributed by atoms with Gasteiger partial charge in [0.15, 0.2) is 15.7 Å². The number of aliphatic hydroxyl groups excluding tert-OH is 1. The second kappa shape index (κ2) is 8.63. The van der Waals surface area contributed by atoms with Crippen molar-refractivity contribution in [3.63, 3.8) is 0 Å². The summed E-state index contributed by atoms with van der Waals surface area (Å²) in [5.74, 6) is 0.167. The largest absolute Gasteiger partial charge is 0.395 e. The molecule has 4 atom stereocenters. The highest BCUT2D eigenvalue weighted by Gasteiger charge is 2.48. The molecule has 0 spiro atoms. The van der Waals surface area contributed by atoms with Gasteiger partial charge in [-0.25, -0.2) is 13.4 Å². The van der Waals surface area contributed by atoms with E-state index >= 15 is 0 Å². The van der Waals surface area contributed by atoms with Crippen molar-refractivity contribution >= 4 is 38.9 Å². The van der Waals surface area contributed by atoms with Crippen LogP contribution in [0, 0.1) is 5.92 Å². The molecular formula is C17H23ClN6O5S. The summed E-state index contributed by atoms with van der Waals surface area (Å²) in [6.45, 7) is 0.220. The van der Waals surface area contributed by atoms with Gasteiger partial charge in [0.05, 0.1) is 61.6 Å². The summed E-state index contributed by atoms with van der Waals surface area (Å²) in [6.07, 6.45) is 4.27. The minimum Gasteiger partial charge on any atom is -0.395 e. The van der Waals surface area contributed by atoms with Gasteiger partial charge in [-0.05, 0) is 0 Å². The number of halogens is 1. The van der Waals surface area contributed by atoms with E-state index in [1.54, 1.807) is 24.1 Å². The number of hydrogen-bond donors (Lipinski definition) is 3. The Bertz CT molecular complexity index is 1000. The third-order valence-electron chi connectivity index (χ3n) is 5.05. The Hall–Kier alpha value is -1.99. The molecule has 2 aliphatic rings. The number of ether oxygens (including phenoxy) is 2. The number of hydrogen-bond acceptors (Lipinski definition) is 10. The van der Waals surface area contributed by atoms with Crippen molar-refractivity contribution in [2.24, 2.45) is 13.0 Å². The molecule has 0 aromatic carbocycles. The van der Waals surface area contributed by atoms with E-state index in [-0.39, 0.29) is 42.3 Å². The van der Waals surface area contributed by atoms with Gasteiger partial charge in [0.1, 0.15) is 11.1 Å². The lowest BCUT2D eigenvalue weighted by molar-refractivity contribution is 0.0656. The quantitative estimate of drug-likeness (QED) is 0.502. The first-order valence-electron chi connectivity index (χ1n) is 9.44. The lowest BCUT2D eigenvalue weighted by Crippen LogP contribution is -2.36. The zero-order chi connectivity index (χ0) is 21.3. The number of aryl methyl sites for hydroxylation is 1. The van der Waals surface area contributed by atoms with Crippen molar-refractivity contribution in [3.8, 4) is 0 Å². The van der Waals surface area contributed by atoms with Crippen LogP contribution in [-0.2, 0) is 26.4 Å². The molecule has 0 radical (unpaired) electrons. The molecule has 2 aromatic rings. The minimum atomic E-state index is -3.36. The van der Waals surface area contributed by atoms with Crippen molar-refractivity contribution in [1.29, 1.82) is 0 Å². The van der Waals surface area contributed by atoms with E-state index in [9.17, 15) is 8.42 Å². The summed E-state index contributed by atoms with van der Waals surface area (Å²) < 4.78 is 37.4. The van der Waals surface area contributed by atoms with Gasteiger partial charge in [0.2, 0.25) is 5.95 Å². The maximum absolute atomic E-state index is 12.0. The van der Waals surface area contributed by atoms with Crippen LogP contribution >= 0.6 is 11.6 Å². The van der Waals surface area contributed by atoms with Gasteiger partial charge in [-0.15, -0.1) is 0 Å². The highest BCUT2D eigenvalue weighted by molar-refractivity contribution is 7.91. The number of aliphatic hydroxyl groups is 1. The molecule has 3 N–H and O–H groups in total. The van der Waals surface area contributed by atoms with E-state index in [4.69, 9.17) is 26.2 Å². The van der Waals surface area contributed by atoms with Crippen LogP contribution in [0.15, 0.2) is 18.6 Å². The van der Waals surface area contributed by atoms with E-state index in [0.29, 0.717) is 23.4 Å². The van der Waals surface area contributed by atoms with Crippen molar-refractivity contribution in [2.75, 3.05) is 42.0 Å². The summed E-state index contributed by atoms with van der Waals surface area (Å²) in [5.41, 5.74) is 0.737. The molecule has 0 bridgehead atoms. The maximum Gasteiger partial charge on any atom is 0.229 e. The predicted molar refractivity (Wildman–Crippen MR) is 110 cm³/mol. The fraction of sp³-hybridized carbons (Fsp3) is 0.588. The molecule has 0 saturated carbocycles. The fourth-order valence-electron chi connectivity index (χ4n) is 3.71. The average Bonchev–Trinajstić information content (AvgIpc) is 3.37. The summed E-state index contributed by atoms with van der Waals surface area (Å²) in [4.78, 5) is 8.59. The lowest BCUT2D eigenvalue weighted by atomic mass is 10.0. The number of sulfone groups is 1. The predicted octanol–water partition coefficient (Wildman–Crippen LogP) is 0.209. The Labute approximate surface area is 178 Å². The second-order valence-corrected chi connectivity index (χ2v) is 10.00. The third kappa shape index (κ3) is 4.67. The van der Waals surface area contributed by atoms with E-state index < -0.39 is 16.4 Å². The maximum atomic E-state index is 12.0. The Kier molecular flexibility index (Phi) is 6.11. The Morgan fingerprint density at radius 3 is 2.83 bits per heavy atom. The summed E-state index contributed by atoms with van der Waals surface area (Å²) in [6, 6.07) is -0.237. The molecule has 2 unspecified atom stereocenters. The monoisotopic (exact) mass is 458 g/mol. The molecule has 164 valence electrons. The van der Waals surface area contributed by atoms with Crippen molar-refractivity contribution in [2.45, 2.75) is 18.2 Å². The molecule has 2 aliphatic heterocycles. The first kappa shape index (κ1) is 21.2. The van der Waals surface area contributed by atoms with Crippen LogP contribution in [0.1, 0.15) is 0 Å². The Balaban J connectivity index is 1.42. The number of nitrogens with one attached hydrogen (secondary N) is 2. The van der Waals surface area contributed by atoms with Gasteiger partial charge in [0.25, 0.3) is 0 Å². The van der Waals surface area contributed by atoms with E-state index in [2.05, 4.69) is 25.7 Å². The molecule has 4 heterocycles. The Morgan fingerprint density at radius 1 is 1.30 bits per heavy atom. The van der Waals surface area contributed by atoms with Crippen LogP contribution in [0.2, 0.25) is 5.02 Å². The van der Waals surface area contributed by atoms with Crippen LogP contribution in [-0.4, -0.2) is 82.8 Å². The number of anilines is 3. The van der Waals surface area contributed by atoms with Gasteiger partial charge in [-0.3, -0.25) is 4.68 Å². The molecule has 2 aromatic heterocycles. The summed E-state index contributed by atoms with van der Waals surface area (Å²) in [7, 11) is -1.55. The lowest BCUT2D eigenvalue weighted by Gasteiger charge is -2.19. The summed E-state index contributed by atoms with van der Waals surface area (Å²) in [5, 5.41) is 19.6. The molecular weight excluding hydrogens is 436 g/mol. The highest BCUT2D eigenvalue weighted by atomic mass is 35.5. The van der Waals surface area contributed by atoms with Gasteiger partial charge in [-0.1, -0.05) is 11.6 Å². The van der Waals surface area contributed by atoms with Crippen LogP contribution in [0.25, 0.3) is 0 Å². The van der Waals surface area contributed by atoms with Crippen molar-refractivity contribution in [1.82, 2.24) is 19.7 Å². The Morgan fingerprint density at radius 2 is 2.10 bits per heavy atom. The standard InChI is InChI=1S/C17H23ClN6O5S/c1-24-6-11(4-20-24)21-17-19-5-12(18)16(23-17)22-13-8-29-14-10(7-28-15(13)14)9-30(26,27)3-2-25/h4-6,10,13-15,25H,2-3,7-9H2,1H3,(H2,19,21,22,23)/t10-,13-,14?,15?/m1/s1.